The van der Waals surface area contributed by atoms with Crippen molar-refractivity contribution in [3.63, 3.8) is 0 Å². The van der Waals surface area contributed by atoms with Crippen LogP contribution in [0.5, 0.6) is 5.75 Å². The molecule has 3 aromatic rings. The molecule has 0 amide bonds. The predicted molar refractivity (Wildman–Crippen MR) is 79.0 cm³/mol. The van der Waals surface area contributed by atoms with Crippen molar-refractivity contribution in [2.24, 2.45) is 0 Å². The Morgan fingerprint density at radius 2 is 2.00 bits per heavy atom. The maximum atomic E-state index is 12.1. The van der Waals surface area contributed by atoms with Gasteiger partial charge in [0.2, 0.25) is 11.8 Å². The Labute approximate surface area is 139 Å². The molecule has 0 aliphatic rings. The molecule has 0 N–H and O–H groups in total. The van der Waals surface area contributed by atoms with E-state index < -0.39 is 11.5 Å². The van der Waals surface area contributed by atoms with Crippen molar-refractivity contribution in [2.45, 2.75) is 19.6 Å². The van der Waals surface area contributed by atoms with Gasteiger partial charge in [0, 0.05) is 12.0 Å². The number of nitrogens with zero attached hydrogens (tertiary/aromatic N) is 5. The van der Waals surface area contributed by atoms with E-state index in [1.165, 1.54) is 41.2 Å². The van der Waals surface area contributed by atoms with Crippen LogP contribution < -0.4 is 4.74 Å². The van der Waals surface area contributed by atoms with Gasteiger partial charge < -0.3 is 19.3 Å². The summed E-state index contributed by atoms with van der Waals surface area (Å²) in [4.78, 5) is 9.99. The number of aryl methyl sites for hydroxylation is 2. The second-order valence-electron chi connectivity index (χ2n) is 4.85. The van der Waals surface area contributed by atoms with Crippen LogP contribution in [0.1, 0.15) is 5.89 Å². The molecule has 0 saturated heterocycles. The molecular weight excluding hydrogens is 340 g/mol. The van der Waals surface area contributed by atoms with Gasteiger partial charge in [-0.25, -0.2) is 0 Å². The van der Waals surface area contributed by atoms with Crippen molar-refractivity contribution in [1.29, 1.82) is 0 Å². The first-order chi connectivity index (χ1) is 12.0. The fraction of sp³-hybridized carbons (Fsp3) is 0.214. The minimum atomic E-state index is -2.89. The first-order valence-corrected chi connectivity index (χ1v) is 7.07. The lowest BCUT2D eigenvalue weighted by Gasteiger charge is -2.03. The Bertz CT molecular complexity index is 862. The van der Waals surface area contributed by atoms with E-state index in [0.717, 1.165) is 0 Å². The average molecular weight is 351 g/mol. The van der Waals surface area contributed by atoms with E-state index in [2.05, 4.69) is 20.0 Å². The molecule has 0 fully saturated rings. The van der Waals surface area contributed by atoms with E-state index >= 15 is 0 Å². The van der Waals surface area contributed by atoms with Crippen LogP contribution in [0, 0.1) is 10.1 Å². The zero-order chi connectivity index (χ0) is 17.8. The lowest BCUT2D eigenvalue weighted by Crippen LogP contribution is -2.03. The average Bonchev–Trinajstić information content (AvgIpc) is 3.22. The number of hydrogen-bond donors (Lipinski definition) is 0. The quantitative estimate of drug-likeness (QED) is 0.475. The molecule has 0 bridgehead atoms. The first kappa shape index (κ1) is 16.5. The van der Waals surface area contributed by atoms with Crippen molar-refractivity contribution >= 4 is 5.82 Å². The number of halogens is 2. The van der Waals surface area contributed by atoms with Crippen LogP contribution in [0.2, 0.25) is 0 Å². The Morgan fingerprint density at radius 1 is 1.24 bits per heavy atom. The maximum absolute atomic E-state index is 12.1. The molecule has 9 nitrogen and oxygen atoms in total. The summed E-state index contributed by atoms with van der Waals surface area (Å²) >= 11 is 0. The summed E-state index contributed by atoms with van der Waals surface area (Å²) in [6, 6.07) is 7.07. The molecule has 0 saturated carbocycles. The molecule has 11 heteroatoms. The van der Waals surface area contributed by atoms with Gasteiger partial charge in [-0.1, -0.05) is 0 Å². The molecule has 0 aliphatic heterocycles. The van der Waals surface area contributed by atoms with E-state index in [1.807, 2.05) is 0 Å². The van der Waals surface area contributed by atoms with E-state index in [4.69, 9.17) is 4.42 Å². The van der Waals surface area contributed by atoms with Crippen molar-refractivity contribution in [1.82, 2.24) is 20.0 Å². The summed E-state index contributed by atoms with van der Waals surface area (Å²) in [6.07, 6.45) is 1.82. The van der Waals surface area contributed by atoms with Gasteiger partial charge in [-0.2, -0.15) is 13.5 Å². The van der Waals surface area contributed by atoms with Gasteiger partial charge in [-0.05, 0) is 29.2 Å². The molecule has 130 valence electrons. The third kappa shape index (κ3) is 4.13. The molecule has 25 heavy (non-hydrogen) atoms. The summed E-state index contributed by atoms with van der Waals surface area (Å²) < 4.78 is 35.4. The van der Waals surface area contributed by atoms with Gasteiger partial charge in [-0.15, -0.1) is 10.2 Å². The number of benzene rings is 1. The summed E-state index contributed by atoms with van der Waals surface area (Å²) in [7, 11) is 0. The first-order valence-electron chi connectivity index (χ1n) is 7.07. The van der Waals surface area contributed by atoms with Crippen LogP contribution >= 0.6 is 0 Å². The van der Waals surface area contributed by atoms with Gasteiger partial charge in [0.1, 0.15) is 5.75 Å². The zero-order valence-electron chi connectivity index (χ0n) is 12.6. The van der Waals surface area contributed by atoms with Crippen LogP contribution in [0.15, 0.2) is 40.9 Å². The highest BCUT2D eigenvalue weighted by molar-refractivity contribution is 5.53. The lowest BCUT2D eigenvalue weighted by atomic mass is 10.2. The highest BCUT2D eigenvalue weighted by Gasteiger charge is 2.13. The van der Waals surface area contributed by atoms with Crippen molar-refractivity contribution in [3.8, 4) is 17.2 Å². The van der Waals surface area contributed by atoms with Crippen LogP contribution in [0.3, 0.4) is 0 Å². The minimum Gasteiger partial charge on any atom is -0.435 e. The number of nitro groups is 1. The molecule has 1 aromatic carbocycles. The van der Waals surface area contributed by atoms with E-state index in [-0.39, 0.29) is 17.5 Å². The van der Waals surface area contributed by atoms with Crippen molar-refractivity contribution in [3.05, 3.63) is 52.5 Å². The van der Waals surface area contributed by atoms with Crippen LogP contribution in [-0.2, 0) is 13.0 Å². The number of aromatic nitrogens is 4. The Kier molecular flexibility index (Phi) is 4.64. The van der Waals surface area contributed by atoms with Crippen LogP contribution in [0.4, 0.5) is 14.6 Å². The number of rotatable bonds is 7. The SMILES string of the molecule is O=[N+]([O-])c1ccn(CCc2nnc(-c3ccc(OC(F)F)cc3)o2)n1. The van der Waals surface area contributed by atoms with Crippen LogP contribution in [0.25, 0.3) is 11.5 Å². The minimum absolute atomic E-state index is 0.0266. The maximum Gasteiger partial charge on any atom is 0.389 e. The number of hydrogen-bond acceptors (Lipinski definition) is 7. The Balaban J connectivity index is 1.62. The molecule has 3 rings (SSSR count). The fourth-order valence-electron chi connectivity index (χ4n) is 2.03. The van der Waals surface area contributed by atoms with Crippen molar-refractivity contribution < 1.29 is 22.9 Å². The molecular formula is C14H11F2N5O4. The molecule has 2 heterocycles. The van der Waals surface area contributed by atoms with E-state index in [9.17, 15) is 18.9 Å². The van der Waals surface area contributed by atoms with Gasteiger partial charge in [0.25, 0.3) is 0 Å². The summed E-state index contributed by atoms with van der Waals surface area (Å²) in [6.45, 7) is -2.56. The summed E-state index contributed by atoms with van der Waals surface area (Å²) in [5.41, 5.74) is 0.551. The van der Waals surface area contributed by atoms with E-state index in [0.29, 0.717) is 24.4 Å². The zero-order valence-corrected chi connectivity index (χ0v) is 12.6. The second kappa shape index (κ2) is 7.03. The third-order valence-corrected chi connectivity index (χ3v) is 3.16. The largest absolute Gasteiger partial charge is 0.435 e. The lowest BCUT2D eigenvalue weighted by molar-refractivity contribution is -0.389. The molecule has 0 atom stereocenters. The number of alkyl halides is 2. The monoisotopic (exact) mass is 351 g/mol. The fourth-order valence-corrected chi connectivity index (χ4v) is 2.03. The topological polar surface area (TPSA) is 109 Å². The molecule has 0 unspecified atom stereocenters. The smallest absolute Gasteiger partial charge is 0.389 e. The normalized spacial score (nSPS) is 11.0. The molecule has 0 radical (unpaired) electrons. The standard InChI is InChI=1S/C14H11F2N5O4/c15-14(16)24-10-3-1-9(2-4-10)13-18-17-12(25-13)6-8-20-7-5-11(19-20)21(22)23/h1-5,7,14H,6,8H2. The Hall–Kier alpha value is -3.37. The predicted octanol–water partition coefficient (Wildman–Crippen LogP) is 2.69. The van der Waals surface area contributed by atoms with Gasteiger partial charge in [-0.3, -0.25) is 0 Å². The summed E-state index contributed by atoms with van der Waals surface area (Å²) in [5.74, 6) is 0.335. The van der Waals surface area contributed by atoms with Crippen LogP contribution in [-0.4, -0.2) is 31.5 Å². The highest BCUT2D eigenvalue weighted by Crippen LogP contribution is 2.22. The van der Waals surface area contributed by atoms with Crippen molar-refractivity contribution in [2.75, 3.05) is 0 Å². The van der Waals surface area contributed by atoms with E-state index in [1.54, 1.807) is 0 Å². The highest BCUT2D eigenvalue weighted by atomic mass is 19.3. The van der Waals surface area contributed by atoms with Gasteiger partial charge in [0.05, 0.1) is 23.9 Å². The molecule has 0 spiro atoms. The molecule has 0 aliphatic carbocycles. The molecule has 2 aromatic heterocycles. The van der Waals surface area contributed by atoms with Gasteiger partial charge in [0.15, 0.2) is 0 Å². The third-order valence-electron chi connectivity index (χ3n) is 3.16. The summed E-state index contributed by atoms with van der Waals surface area (Å²) in [5, 5.41) is 22.1. The van der Waals surface area contributed by atoms with Gasteiger partial charge >= 0.3 is 12.4 Å². The Morgan fingerprint density at radius 3 is 2.64 bits per heavy atom. The number of ether oxygens (including phenoxy) is 1. The second-order valence-corrected chi connectivity index (χ2v) is 4.85.